The van der Waals surface area contributed by atoms with Gasteiger partial charge in [-0.1, -0.05) is 0 Å². The van der Waals surface area contributed by atoms with Gasteiger partial charge in [-0.15, -0.1) is 0 Å². The molecule has 2 N–H and O–H groups in total. The lowest BCUT2D eigenvalue weighted by Gasteiger charge is -2.14. The number of nitrogens with one attached hydrogen (secondary N) is 2. The number of hydrogen-bond acceptors (Lipinski definition) is 5. The molecule has 0 atom stereocenters. The molecule has 7 nitrogen and oxygen atoms in total. The van der Waals surface area contributed by atoms with Crippen molar-refractivity contribution in [3.05, 3.63) is 22.9 Å². The van der Waals surface area contributed by atoms with Crippen LogP contribution in [0.25, 0.3) is 5.65 Å². The van der Waals surface area contributed by atoms with E-state index in [4.69, 9.17) is 0 Å². The Morgan fingerprint density at radius 2 is 2.22 bits per heavy atom. The van der Waals surface area contributed by atoms with E-state index in [9.17, 15) is 4.79 Å². The summed E-state index contributed by atoms with van der Waals surface area (Å²) in [6, 6.07) is 1.77. The predicted octanol–water partition coefficient (Wildman–Crippen LogP) is -0.0747. The Hall–Kier alpha value is -1.89. The highest BCUT2D eigenvalue weighted by atomic mass is 16.1. The van der Waals surface area contributed by atoms with Gasteiger partial charge in [-0.2, -0.15) is 5.10 Å². The number of anilines is 1. The van der Waals surface area contributed by atoms with Crippen LogP contribution in [0.15, 0.2) is 17.2 Å². The molecule has 0 bridgehead atoms. The van der Waals surface area contributed by atoms with Crippen molar-refractivity contribution in [3.8, 4) is 0 Å². The summed E-state index contributed by atoms with van der Waals surface area (Å²) in [5.41, 5.74) is 0.319. The first-order valence-electron chi connectivity index (χ1n) is 6.22. The Balaban J connectivity index is 1.62. The lowest BCUT2D eigenvalue weighted by atomic mass is 10.4. The molecule has 0 spiro atoms. The zero-order valence-corrected chi connectivity index (χ0v) is 10.1. The van der Waals surface area contributed by atoms with Crippen LogP contribution in [-0.4, -0.2) is 50.7 Å². The number of hydrogen-bond donors (Lipinski definition) is 2. The third kappa shape index (κ3) is 2.21. The van der Waals surface area contributed by atoms with Gasteiger partial charge in [0.1, 0.15) is 12.1 Å². The van der Waals surface area contributed by atoms with Crippen LogP contribution in [0, 0.1) is 0 Å². The Kier molecular flexibility index (Phi) is 2.97. The predicted molar refractivity (Wildman–Crippen MR) is 67.8 cm³/mol. The largest absolute Gasteiger partial charge is 0.369 e. The molecule has 18 heavy (non-hydrogen) atoms. The average Bonchev–Trinajstić information content (AvgIpc) is 3.00. The standard InChI is InChI=1S/C11H16N6O/c18-11-15-14-10-7-9(13-8-17(10)11)12-3-6-16-4-1-2-5-16/h7-8,12H,1-6H2,(H,15,18). The molecule has 3 rings (SSSR count). The van der Waals surface area contributed by atoms with Crippen LogP contribution < -0.4 is 11.0 Å². The molecule has 2 aromatic rings. The first-order valence-corrected chi connectivity index (χ1v) is 6.22. The van der Waals surface area contributed by atoms with Crippen LogP contribution in [0.3, 0.4) is 0 Å². The lowest BCUT2D eigenvalue weighted by molar-refractivity contribution is 0.352. The van der Waals surface area contributed by atoms with Crippen LogP contribution in [0.1, 0.15) is 12.8 Å². The van der Waals surface area contributed by atoms with E-state index in [2.05, 4.69) is 25.4 Å². The Morgan fingerprint density at radius 3 is 3.06 bits per heavy atom. The van der Waals surface area contributed by atoms with Crippen LogP contribution in [0.4, 0.5) is 5.82 Å². The molecule has 0 amide bonds. The smallest absolute Gasteiger partial charge is 0.348 e. The number of rotatable bonds is 4. The van der Waals surface area contributed by atoms with Crippen molar-refractivity contribution in [2.24, 2.45) is 0 Å². The van der Waals surface area contributed by atoms with E-state index in [1.54, 1.807) is 6.07 Å². The molecule has 1 aliphatic rings. The monoisotopic (exact) mass is 248 g/mol. The summed E-state index contributed by atoms with van der Waals surface area (Å²) in [5, 5.41) is 9.54. The quantitative estimate of drug-likeness (QED) is 0.791. The molecule has 0 aliphatic carbocycles. The summed E-state index contributed by atoms with van der Waals surface area (Å²) in [6.07, 6.45) is 4.10. The molecule has 0 aromatic carbocycles. The van der Waals surface area contributed by atoms with Gasteiger partial charge in [0.15, 0.2) is 5.65 Å². The first-order chi connectivity index (χ1) is 8.83. The summed E-state index contributed by atoms with van der Waals surface area (Å²) in [6.45, 7) is 4.28. The molecule has 96 valence electrons. The minimum atomic E-state index is -0.263. The SMILES string of the molecule is O=c1[nH]nc2cc(NCCN3CCCC3)ncn12. The molecular formula is C11H16N6O. The van der Waals surface area contributed by atoms with Crippen LogP contribution in [0.2, 0.25) is 0 Å². The van der Waals surface area contributed by atoms with Gasteiger partial charge in [0.05, 0.1) is 0 Å². The van der Waals surface area contributed by atoms with Gasteiger partial charge in [-0.3, -0.25) is 0 Å². The number of H-pyrrole nitrogens is 1. The minimum Gasteiger partial charge on any atom is -0.369 e. The molecule has 1 fully saturated rings. The van der Waals surface area contributed by atoms with Crippen LogP contribution in [0.5, 0.6) is 0 Å². The summed E-state index contributed by atoms with van der Waals surface area (Å²) < 4.78 is 1.38. The molecular weight excluding hydrogens is 232 g/mol. The highest BCUT2D eigenvalue weighted by molar-refractivity contribution is 5.48. The van der Waals surface area contributed by atoms with E-state index >= 15 is 0 Å². The number of fused-ring (bicyclic) bond motifs is 1. The van der Waals surface area contributed by atoms with Crippen molar-refractivity contribution in [2.45, 2.75) is 12.8 Å². The second kappa shape index (κ2) is 4.77. The summed E-state index contributed by atoms with van der Waals surface area (Å²) in [7, 11) is 0. The normalized spacial score (nSPS) is 16.4. The van der Waals surface area contributed by atoms with Crippen molar-refractivity contribution in [2.75, 3.05) is 31.5 Å². The highest BCUT2D eigenvalue weighted by Gasteiger charge is 2.10. The second-order valence-corrected chi connectivity index (χ2v) is 4.51. The molecule has 1 aliphatic heterocycles. The zero-order valence-electron chi connectivity index (χ0n) is 10.1. The fourth-order valence-electron chi connectivity index (χ4n) is 2.25. The fraction of sp³-hybridized carbons (Fsp3) is 0.545. The van der Waals surface area contributed by atoms with Crippen LogP contribution >= 0.6 is 0 Å². The van der Waals surface area contributed by atoms with Gasteiger partial charge in [-0.25, -0.2) is 19.3 Å². The van der Waals surface area contributed by atoms with Crippen molar-refractivity contribution in [3.63, 3.8) is 0 Å². The van der Waals surface area contributed by atoms with Gasteiger partial charge in [-0.05, 0) is 25.9 Å². The number of aromatic nitrogens is 4. The topological polar surface area (TPSA) is 78.3 Å². The van der Waals surface area contributed by atoms with E-state index in [-0.39, 0.29) is 5.69 Å². The highest BCUT2D eigenvalue weighted by Crippen LogP contribution is 2.07. The molecule has 3 heterocycles. The van der Waals surface area contributed by atoms with Gasteiger partial charge in [0.25, 0.3) is 0 Å². The molecule has 0 saturated carbocycles. The Morgan fingerprint density at radius 1 is 1.39 bits per heavy atom. The van der Waals surface area contributed by atoms with Crippen molar-refractivity contribution >= 4 is 11.5 Å². The van der Waals surface area contributed by atoms with Gasteiger partial charge >= 0.3 is 5.69 Å². The number of aromatic amines is 1. The second-order valence-electron chi connectivity index (χ2n) is 4.51. The maximum atomic E-state index is 11.3. The molecule has 0 unspecified atom stereocenters. The van der Waals surface area contributed by atoms with Crippen molar-refractivity contribution < 1.29 is 0 Å². The van der Waals surface area contributed by atoms with Crippen molar-refractivity contribution in [1.29, 1.82) is 0 Å². The van der Waals surface area contributed by atoms with Gasteiger partial charge < -0.3 is 10.2 Å². The molecule has 7 heteroatoms. The third-order valence-electron chi connectivity index (χ3n) is 3.24. The van der Waals surface area contributed by atoms with E-state index in [0.29, 0.717) is 5.65 Å². The van der Waals surface area contributed by atoms with E-state index < -0.39 is 0 Å². The maximum absolute atomic E-state index is 11.3. The fourth-order valence-corrected chi connectivity index (χ4v) is 2.25. The first kappa shape index (κ1) is 11.2. The van der Waals surface area contributed by atoms with E-state index in [0.717, 1.165) is 18.9 Å². The Labute approximate surface area is 104 Å². The van der Waals surface area contributed by atoms with E-state index in [1.165, 1.54) is 36.7 Å². The summed E-state index contributed by atoms with van der Waals surface area (Å²) >= 11 is 0. The van der Waals surface area contributed by atoms with Crippen molar-refractivity contribution in [1.82, 2.24) is 24.5 Å². The van der Waals surface area contributed by atoms with E-state index in [1.807, 2.05) is 0 Å². The summed E-state index contributed by atoms with van der Waals surface area (Å²) in [4.78, 5) is 17.9. The summed E-state index contributed by atoms with van der Waals surface area (Å²) in [5.74, 6) is 0.751. The maximum Gasteiger partial charge on any atom is 0.348 e. The zero-order chi connectivity index (χ0) is 12.4. The van der Waals surface area contributed by atoms with Gasteiger partial charge in [0.2, 0.25) is 0 Å². The average molecular weight is 248 g/mol. The van der Waals surface area contributed by atoms with Gasteiger partial charge in [0, 0.05) is 19.2 Å². The molecule has 0 radical (unpaired) electrons. The number of nitrogens with zero attached hydrogens (tertiary/aromatic N) is 4. The molecule has 1 saturated heterocycles. The van der Waals surface area contributed by atoms with Crippen LogP contribution in [-0.2, 0) is 0 Å². The lowest BCUT2D eigenvalue weighted by Crippen LogP contribution is -2.26. The minimum absolute atomic E-state index is 0.263. The third-order valence-corrected chi connectivity index (χ3v) is 3.24. The number of likely N-dealkylation sites (tertiary alicyclic amines) is 1. The molecule has 2 aromatic heterocycles. The Bertz CT molecular complexity index is 582.